The van der Waals surface area contributed by atoms with E-state index >= 15 is 0 Å². The topological polar surface area (TPSA) is 81.8 Å². The zero-order valence-corrected chi connectivity index (χ0v) is 16.2. The van der Waals surface area contributed by atoms with Gasteiger partial charge in [-0.1, -0.05) is 45.0 Å². The maximum absolute atomic E-state index is 12.3. The fourth-order valence-electron chi connectivity index (χ4n) is 2.48. The number of hydrogen-bond donors (Lipinski definition) is 1. The van der Waals surface area contributed by atoms with Gasteiger partial charge in [-0.2, -0.15) is 4.99 Å². The van der Waals surface area contributed by atoms with E-state index in [4.69, 9.17) is 10.5 Å². The largest absolute Gasteiger partial charge is 0.423 e. The van der Waals surface area contributed by atoms with Gasteiger partial charge in [0, 0.05) is 0 Å². The van der Waals surface area contributed by atoms with Crippen LogP contribution in [0.1, 0.15) is 42.3 Å². The van der Waals surface area contributed by atoms with Crippen LogP contribution in [0, 0.1) is 0 Å². The Labute approximate surface area is 162 Å². The molecular formula is C21H20N2O3S. The average molecular weight is 380 g/mol. The van der Waals surface area contributed by atoms with Crippen molar-refractivity contribution < 1.29 is 14.3 Å². The molecule has 2 aromatic carbocycles. The monoisotopic (exact) mass is 380 g/mol. The van der Waals surface area contributed by atoms with Crippen molar-refractivity contribution in [3.63, 3.8) is 0 Å². The summed E-state index contributed by atoms with van der Waals surface area (Å²) in [6.07, 6.45) is 1.70. The molecule has 0 fully saturated rings. The van der Waals surface area contributed by atoms with Gasteiger partial charge in [-0.05, 0) is 58.6 Å². The lowest BCUT2D eigenvalue weighted by molar-refractivity contribution is -0.113. The molecule has 1 heterocycles. The molecule has 6 heteroatoms. The predicted octanol–water partition coefficient (Wildman–Crippen LogP) is 4.13. The Morgan fingerprint density at radius 3 is 2.22 bits per heavy atom. The van der Waals surface area contributed by atoms with E-state index < -0.39 is 5.97 Å². The standard InChI is InChI=1S/C21H20N2O3S/c1-21(2,3)15-8-6-14(7-9-15)19(25)26-16-10-4-13(5-11-16)12-17-18(24)23-20(22)27-17/h4-12H,1-3H3,(H2,22,23,24)/b17-12+. The number of benzene rings is 2. The Hall–Kier alpha value is -2.86. The van der Waals surface area contributed by atoms with E-state index in [1.165, 1.54) is 0 Å². The Morgan fingerprint density at radius 2 is 1.70 bits per heavy atom. The van der Waals surface area contributed by atoms with Crippen molar-refractivity contribution in [2.45, 2.75) is 26.2 Å². The van der Waals surface area contributed by atoms with Crippen LogP contribution in [0.25, 0.3) is 6.08 Å². The molecule has 1 aliphatic heterocycles. The van der Waals surface area contributed by atoms with Gasteiger partial charge in [0.05, 0.1) is 10.5 Å². The third kappa shape index (κ3) is 4.65. The number of hydrogen-bond acceptors (Lipinski definition) is 5. The molecule has 0 spiro atoms. The van der Waals surface area contributed by atoms with E-state index in [2.05, 4.69) is 25.8 Å². The maximum Gasteiger partial charge on any atom is 0.343 e. The van der Waals surface area contributed by atoms with Crippen LogP contribution in [-0.2, 0) is 10.2 Å². The van der Waals surface area contributed by atoms with E-state index in [0.29, 0.717) is 16.2 Å². The fraction of sp³-hybridized carbons (Fsp3) is 0.190. The maximum atomic E-state index is 12.3. The first-order chi connectivity index (χ1) is 12.7. The fourth-order valence-corrected chi connectivity index (χ4v) is 3.16. The van der Waals surface area contributed by atoms with Crippen LogP contribution in [0.3, 0.4) is 0 Å². The molecule has 2 N–H and O–H groups in total. The van der Waals surface area contributed by atoms with E-state index in [0.717, 1.165) is 22.9 Å². The minimum atomic E-state index is -0.413. The number of nitrogens with two attached hydrogens (primary N) is 1. The van der Waals surface area contributed by atoms with Gasteiger partial charge >= 0.3 is 5.97 Å². The number of carbonyl (C=O) groups is 2. The summed E-state index contributed by atoms with van der Waals surface area (Å²) >= 11 is 1.14. The highest BCUT2D eigenvalue weighted by molar-refractivity contribution is 8.18. The summed E-state index contributed by atoms with van der Waals surface area (Å²) in [5.74, 6) is -0.320. The van der Waals surface area contributed by atoms with Crippen molar-refractivity contribution >= 4 is 34.9 Å². The van der Waals surface area contributed by atoms with Gasteiger partial charge in [0.1, 0.15) is 5.75 Å². The van der Waals surface area contributed by atoms with Crippen molar-refractivity contribution in [2.75, 3.05) is 0 Å². The molecule has 0 aromatic heterocycles. The van der Waals surface area contributed by atoms with Crippen LogP contribution >= 0.6 is 11.8 Å². The molecule has 27 heavy (non-hydrogen) atoms. The van der Waals surface area contributed by atoms with Crippen molar-refractivity contribution in [1.82, 2.24) is 0 Å². The Kier molecular flexibility index (Phi) is 5.19. The Morgan fingerprint density at radius 1 is 1.07 bits per heavy atom. The Bertz CT molecular complexity index is 937. The molecule has 0 aliphatic carbocycles. The van der Waals surface area contributed by atoms with Crippen LogP contribution in [-0.4, -0.2) is 17.0 Å². The van der Waals surface area contributed by atoms with Gasteiger partial charge in [0.2, 0.25) is 0 Å². The zero-order valence-electron chi connectivity index (χ0n) is 15.4. The second-order valence-corrected chi connectivity index (χ2v) is 8.21. The molecule has 0 radical (unpaired) electrons. The number of aliphatic imine (C=N–C) groups is 1. The number of thioether (sulfide) groups is 1. The number of esters is 1. The second kappa shape index (κ2) is 7.40. The summed E-state index contributed by atoms with van der Waals surface area (Å²) in [5, 5.41) is 0.245. The van der Waals surface area contributed by atoms with Gasteiger partial charge < -0.3 is 10.5 Å². The predicted molar refractivity (Wildman–Crippen MR) is 109 cm³/mol. The van der Waals surface area contributed by atoms with Gasteiger partial charge in [0.15, 0.2) is 5.17 Å². The number of nitrogens with zero attached hydrogens (tertiary/aromatic N) is 1. The number of carbonyl (C=O) groups excluding carboxylic acids is 2. The first-order valence-corrected chi connectivity index (χ1v) is 9.25. The lowest BCUT2D eigenvalue weighted by Crippen LogP contribution is -2.12. The summed E-state index contributed by atoms with van der Waals surface area (Å²) in [5.41, 5.74) is 8.00. The molecular weight excluding hydrogens is 360 g/mol. The lowest BCUT2D eigenvalue weighted by Gasteiger charge is -2.18. The molecule has 5 nitrogen and oxygen atoms in total. The van der Waals surface area contributed by atoms with E-state index in [1.807, 2.05) is 12.1 Å². The van der Waals surface area contributed by atoms with Crippen LogP contribution in [0.4, 0.5) is 0 Å². The second-order valence-electron chi connectivity index (χ2n) is 7.15. The first-order valence-electron chi connectivity index (χ1n) is 8.43. The quantitative estimate of drug-likeness (QED) is 0.492. The van der Waals surface area contributed by atoms with Gasteiger partial charge in [-0.15, -0.1) is 0 Å². The SMILES string of the molecule is CC(C)(C)c1ccc(C(=O)Oc2ccc(/C=C3/SC(N)=NC3=O)cc2)cc1. The minimum Gasteiger partial charge on any atom is -0.423 e. The number of ether oxygens (including phenoxy) is 1. The van der Waals surface area contributed by atoms with Crippen LogP contribution < -0.4 is 10.5 Å². The van der Waals surface area contributed by atoms with Crippen LogP contribution in [0.5, 0.6) is 5.75 Å². The number of amidine groups is 1. The molecule has 138 valence electrons. The molecule has 1 aliphatic rings. The van der Waals surface area contributed by atoms with Crippen molar-refractivity contribution in [3.05, 3.63) is 70.1 Å². The number of rotatable bonds is 3. The molecule has 0 saturated heterocycles. The summed E-state index contributed by atoms with van der Waals surface area (Å²) in [7, 11) is 0. The first kappa shape index (κ1) is 18.9. The highest BCUT2D eigenvalue weighted by Crippen LogP contribution is 2.27. The van der Waals surface area contributed by atoms with Crippen LogP contribution in [0.2, 0.25) is 0 Å². The summed E-state index contributed by atoms with van der Waals surface area (Å²) in [6, 6.07) is 14.3. The summed E-state index contributed by atoms with van der Waals surface area (Å²) in [4.78, 5) is 28.1. The molecule has 0 unspecified atom stereocenters. The van der Waals surface area contributed by atoms with Crippen LogP contribution in [0.15, 0.2) is 58.4 Å². The summed E-state index contributed by atoms with van der Waals surface area (Å²) in [6.45, 7) is 6.36. The van der Waals surface area contributed by atoms with E-state index in [9.17, 15) is 9.59 Å². The number of amides is 1. The lowest BCUT2D eigenvalue weighted by atomic mass is 9.87. The van der Waals surface area contributed by atoms with Crippen molar-refractivity contribution in [1.29, 1.82) is 0 Å². The third-order valence-corrected chi connectivity index (χ3v) is 4.82. The third-order valence-electron chi connectivity index (χ3n) is 4.01. The smallest absolute Gasteiger partial charge is 0.343 e. The zero-order chi connectivity index (χ0) is 19.6. The van der Waals surface area contributed by atoms with E-state index in [1.54, 1.807) is 42.5 Å². The molecule has 1 amide bonds. The van der Waals surface area contributed by atoms with Gasteiger partial charge in [-0.3, -0.25) is 4.79 Å². The minimum absolute atomic E-state index is 0.0292. The highest BCUT2D eigenvalue weighted by Gasteiger charge is 2.19. The van der Waals surface area contributed by atoms with E-state index in [-0.39, 0.29) is 16.5 Å². The highest BCUT2D eigenvalue weighted by atomic mass is 32.2. The molecule has 0 saturated carbocycles. The average Bonchev–Trinajstić information content (AvgIpc) is 2.93. The normalized spacial score (nSPS) is 15.7. The molecule has 0 bridgehead atoms. The molecule has 0 atom stereocenters. The van der Waals surface area contributed by atoms with Crippen molar-refractivity contribution in [3.8, 4) is 5.75 Å². The van der Waals surface area contributed by atoms with Crippen molar-refractivity contribution in [2.24, 2.45) is 10.7 Å². The summed E-state index contributed by atoms with van der Waals surface area (Å²) < 4.78 is 5.41. The van der Waals surface area contributed by atoms with Gasteiger partial charge in [0.25, 0.3) is 5.91 Å². The molecule has 2 aromatic rings. The molecule has 3 rings (SSSR count). The van der Waals surface area contributed by atoms with Gasteiger partial charge in [-0.25, -0.2) is 4.79 Å². The Balaban J connectivity index is 1.67.